The molecule has 0 bridgehead atoms. The van der Waals surface area contributed by atoms with Gasteiger partial charge in [-0.05, 0) is 50.9 Å². The number of piperidine rings is 1. The standard InChI is InChI=1S/C19H35N/c1-4-7-9-12-18(13-10-8-5-2)19-16-17(11-6-3)14-15-20-19/h6,17,20H,3-5,7-16H2,1-2H3. The molecule has 0 aromatic heterocycles. The lowest BCUT2D eigenvalue weighted by Crippen LogP contribution is -2.27. The van der Waals surface area contributed by atoms with Crippen molar-refractivity contribution in [3.05, 3.63) is 23.9 Å². The fourth-order valence-corrected chi connectivity index (χ4v) is 3.20. The quantitative estimate of drug-likeness (QED) is 0.383. The first-order chi connectivity index (χ1) is 9.81. The highest BCUT2D eigenvalue weighted by molar-refractivity contribution is 5.15. The minimum atomic E-state index is 0.830. The summed E-state index contributed by atoms with van der Waals surface area (Å²) in [6, 6.07) is 0. The van der Waals surface area contributed by atoms with Gasteiger partial charge in [0.1, 0.15) is 0 Å². The lowest BCUT2D eigenvalue weighted by Gasteiger charge is -2.28. The number of unbranched alkanes of at least 4 members (excludes halogenated alkanes) is 4. The van der Waals surface area contributed by atoms with E-state index in [0.29, 0.717) is 0 Å². The van der Waals surface area contributed by atoms with E-state index in [1.165, 1.54) is 77.2 Å². The van der Waals surface area contributed by atoms with Crippen LogP contribution in [-0.4, -0.2) is 6.54 Å². The molecule has 1 N–H and O–H groups in total. The fraction of sp³-hybridized carbons (Fsp3) is 0.789. The predicted octanol–water partition coefficient (Wildman–Crippen LogP) is 5.98. The van der Waals surface area contributed by atoms with Crippen LogP contribution in [0.2, 0.25) is 0 Å². The van der Waals surface area contributed by atoms with E-state index in [4.69, 9.17) is 0 Å². The molecule has 1 aliphatic heterocycles. The minimum absolute atomic E-state index is 0.830. The molecule has 1 aliphatic rings. The van der Waals surface area contributed by atoms with Crippen molar-refractivity contribution in [2.45, 2.75) is 84.5 Å². The van der Waals surface area contributed by atoms with E-state index in [1.54, 1.807) is 11.3 Å². The highest BCUT2D eigenvalue weighted by atomic mass is 14.9. The molecule has 116 valence electrons. The lowest BCUT2D eigenvalue weighted by atomic mass is 9.88. The maximum atomic E-state index is 3.91. The monoisotopic (exact) mass is 277 g/mol. The van der Waals surface area contributed by atoms with Crippen molar-refractivity contribution >= 4 is 0 Å². The van der Waals surface area contributed by atoms with E-state index in [1.807, 2.05) is 0 Å². The van der Waals surface area contributed by atoms with E-state index in [0.717, 1.165) is 5.92 Å². The van der Waals surface area contributed by atoms with Crippen molar-refractivity contribution < 1.29 is 0 Å². The summed E-state index contributed by atoms with van der Waals surface area (Å²) >= 11 is 0. The van der Waals surface area contributed by atoms with Gasteiger partial charge < -0.3 is 5.32 Å². The topological polar surface area (TPSA) is 12.0 Å². The van der Waals surface area contributed by atoms with Crippen LogP contribution in [0.3, 0.4) is 0 Å². The summed E-state index contributed by atoms with van der Waals surface area (Å²) in [6.07, 6.45) is 16.6. The Hall–Kier alpha value is -0.720. The van der Waals surface area contributed by atoms with Crippen molar-refractivity contribution in [2.75, 3.05) is 6.54 Å². The van der Waals surface area contributed by atoms with Gasteiger partial charge in [0.05, 0.1) is 0 Å². The summed E-state index contributed by atoms with van der Waals surface area (Å²) < 4.78 is 0. The third-order valence-corrected chi connectivity index (χ3v) is 4.47. The van der Waals surface area contributed by atoms with Gasteiger partial charge in [-0.3, -0.25) is 0 Å². The molecule has 0 radical (unpaired) electrons. The van der Waals surface area contributed by atoms with Crippen molar-refractivity contribution in [2.24, 2.45) is 5.92 Å². The van der Waals surface area contributed by atoms with E-state index < -0.39 is 0 Å². The molecule has 1 nitrogen and oxygen atoms in total. The third kappa shape index (κ3) is 6.63. The minimum Gasteiger partial charge on any atom is -0.388 e. The van der Waals surface area contributed by atoms with Gasteiger partial charge in [0, 0.05) is 12.2 Å². The van der Waals surface area contributed by atoms with Gasteiger partial charge in [0.2, 0.25) is 0 Å². The van der Waals surface area contributed by atoms with Gasteiger partial charge in [-0.2, -0.15) is 0 Å². The number of hydrogen-bond acceptors (Lipinski definition) is 1. The molecule has 0 aliphatic carbocycles. The molecule has 20 heavy (non-hydrogen) atoms. The summed E-state index contributed by atoms with van der Waals surface area (Å²) in [4.78, 5) is 0. The second kappa shape index (κ2) is 11.0. The molecule has 0 aromatic carbocycles. The molecule has 0 spiro atoms. The molecule has 1 fully saturated rings. The molecule has 1 heteroatoms. The summed E-state index contributed by atoms with van der Waals surface area (Å²) in [7, 11) is 0. The number of rotatable bonds is 10. The Balaban J connectivity index is 2.60. The van der Waals surface area contributed by atoms with Crippen molar-refractivity contribution in [1.82, 2.24) is 5.32 Å². The molecule has 1 rings (SSSR count). The molecule has 1 heterocycles. The van der Waals surface area contributed by atoms with E-state index in [9.17, 15) is 0 Å². The third-order valence-electron chi connectivity index (χ3n) is 4.47. The summed E-state index contributed by atoms with van der Waals surface area (Å²) in [5, 5.41) is 3.71. The van der Waals surface area contributed by atoms with Crippen molar-refractivity contribution in [3.8, 4) is 0 Å². The van der Waals surface area contributed by atoms with Crippen molar-refractivity contribution in [1.29, 1.82) is 0 Å². The maximum absolute atomic E-state index is 3.91. The van der Waals surface area contributed by atoms with Gasteiger partial charge in [-0.25, -0.2) is 0 Å². The zero-order valence-electron chi connectivity index (χ0n) is 13.8. The molecular formula is C19H35N. The van der Waals surface area contributed by atoms with Gasteiger partial charge in [-0.15, -0.1) is 6.58 Å². The average molecular weight is 277 g/mol. The molecule has 0 saturated carbocycles. The molecule has 0 amide bonds. The van der Waals surface area contributed by atoms with Crippen LogP contribution in [-0.2, 0) is 0 Å². The average Bonchev–Trinajstić information content (AvgIpc) is 2.47. The van der Waals surface area contributed by atoms with Crippen LogP contribution in [0, 0.1) is 5.92 Å². The molecular weight excluding hydrogens is 242 g/mol. The maximum Gasteiger partial charge on any atom is 0.0146 e. The summed E-state index contributed by atoms with van der Waals surface area (Å²) in [5.74, 6) is 0.830. The summed E-state index contributed by atoms with van der Waals surface area (Å²) in [5.41, 5.74) is 3.33. The number of allylic oxidation sites excluding steroid dienone is 3. The van der Waals surface area contributed by atoms with Gasteiger partial charge in [-0.1, -0.05) is 51.2 Å². The zero-order valence-corrected chi connectivity index (χ0v) is 13.8. The second-order valence-electron chi connectivity index (χ2n) is 6.31. The highest BCUT2D eigenvalue weighted by Crippen LogP contribution is 2.28. The normalized spacial score (nSPS) is 18.7. The molecule has 1 unspecified atom stereocenters. The highest BCUT2D eigenvalue weighted by Gasteiger charge is 2.18. The first kappa shape index (κ1) is 17.3. The Morgan fingerprint density at radius 2 is 1.80 bits per heavy atom. The van der Waals surface area contributed by atoms with Gasteiger partial charge in [0.15, 0.2) is 0 Å². The molecule has 0 aromatic rings. The predicted molar refractivity (Wildman–Crippen MR) is 90.9 cm³/mol. The van der Waals surface area contributed by atoms with E-state index >= 15 is 0 Å². The first-order valence-corrected chi connectivity index (χ1v) is 8.87. The summed E-state index contributed by atoms with van der Waals surface area (Å²) in [6.45, 7) is 9.66. The fourth-order valence-electron chi connectivity index (χ4n) is 3.20. The smallest absolute Gasteiger partial charge is 0.0146 e. The Morgan fingerprint density at radius 3 is 2.35 bits per heavy atom. The van der Waals surface area contributed by atoms with Crippen LogP contribution in [0.1, 0.15) is 84.5 Å². The largest absolute Gasteiger partial charge is 0.388 e. The van der Waals surface area contributed by atoms with Crippen LogP contribution < -0.4 is 5.32 Å². The zero-order chi connectivity index (χ0) is 14.6. The number of hydrogen-bond donors (Lipinski definition) is 1. The molecule has 1 saturated heterocycles. The SMILES string of the molecule is C=CCC1CCNC(=C(CCCCC)CCCCC)C1. The van der Waals surface area contributed by atoms with Crippen molar-refractivity contribution in [3.63, 3.8) is 0 Å². The Morgan fingerprint density at radius 1 is 1.15 bits per heavy atom. The van der Waals surface area contributed by atoms with Crippen LogP contribution in [0.4, 0.5) is 0 Å². The van der Waals surface area contributed by atoms with Crippen LogP contribution in [0.15, 0.2) is 23.9 Å². The van der Waals surface area contributed by atoms with Gasteiger partial charge in [0.25, 0.3) is 0 Å². The van der Waals surface area contributed by atoms with E-state index in [2.05, 4.69) is 31.8 Å². The molecule has 1 atom stereocenters. The van der Waals surface area contributed by atoms with Crippen LogP contribution in [0.5, 0.6) is 0 Å². The Kier molecular flexibility index (Phi) is 9.53. The Bertz CT molecular complexity index is 278. The lowest BCUT2D eigenvalue weighted by molar-refractivity contribution is 0.414. The number of nitrogens with one attached hydrogen (secondary N) is 1. The first-order valence-electron chi connectivity index (χ1n) is 8.87. The van der Waals surface area contributed by atoms with E-state index in [-0.39, 0.29) is 0 Å². The second-order valence-corrected chi connectivity index (χ2v) is 6.31. The van der Waals surface area contributed by atoms with Gasteiger partial charge >= 0.3 is 0 Å². The van der Waals surface area contributed by atoms with Crippen LogP contribution >= 0.6 is 0 Å². The Labute approximate surface area is 126 Å². The van der Waals surface area contributed by atoms with Crippen LogP contribution in [0.25, 0.3) is 0 Å².